The summed E-state index contributed by atoms with van der Waals surface area (Å²) < 4.78 is 10.4. The minimum Gasteiger partial charge on any atom is -0.497 e. The first-order chi connectivity index (χ1) is 14.3. The molecule has 0 aromatic heterocycles. The lowest BCUT2D eigenvalue weighted by atomic mass is 9.93. The second kappa shape index (κ2) is 9.45. The van der Waals surface area contributed by atoms with Crippen LogP contribution in [0.4, 0.5) is 0 Å². The SMILES string of the molecule is COC(=O)C1=C(C)N(CCCN(C)C)C(=S)N[C@@H]1c1ccc2cc(OC)ccc2c1. The highest BCUT2D eigenvalue weighted by Crippen LogP contribution is 2.33. The molecule has 1 N–H and O–H groups in total. The third-order valence-corrected chi connectivity index (χ3v) is 5.73. The number of thiocarbonyl (C=S) groups is 1. The van der Waals surface area contributed by atoms with Gasteiger partial charge in [-0.05, 0) is 80.7 Å². The summed E-state index contributed by atoms with van der Waals surface area (Å²) in [5.74, 6) is 0.464. The van der Waals surface area contributed by atoms with Crippen molar-refractivity contribution in [2.45, 2.75) is 19.4 Å². The maximum Gasteiger partial charge on any atom is 0.337 e. The molecular formula is C23H29N3O3S. The number of hydrogen-bond acceptors (Lipinski definition) is 5. The van der Waals surface area contributed by atoms with Crippen LogP contribution in [0.2, 0.25) is 0 Å². The Morgan fingerprint density at radius 1 is 1.17 bits per heavy atom. The number of benzene rings is 2. The molecule has 1 heterocycles. The average Bonchev–Trinajstić information content (AvgIpc) is 2.74. The van der Waals surface area contributed by atoms with Crippen LogP contribution in [0.15, 0.2) is 47.7 Å². The molecule has 1 aliphatic rings. The zero-order valence-corrected chi connectivity index (χ0v) is 19.0. The first-order valence-electron chi connectivity index (χ1n) is 9.95. The van der Waals surface area contributed by atoms with E-state index in [9.17, 15) is 4.79 Å². The van der Waals surface area contributed by atoms with E-state index in [0.29, 0.717) is 10.7 Å². The number of ether oxygens (including phenoxy) is 2. The predicted molar refractivity (Wildman–Crippen MR) is 124 cm³/mol. The Bertz CT molecular complexity index is 987. The van der Waals surface area contributed by atoms with Crippen LogP contribution in [0.3, 0.4) is 0 Å². The molecule has 0 spiro atoms. The average molecular weight is 428 g/mol. The first kappa shape index (κ1) is 22.1. The van der Waals surface area contributed by atoms with Crippen molar-refractivity contribution in [2.75, 3.05) is 41.4 Å². The third-order valence-electron chi connectivity index (χ3n) is 5.39. The van der Waals surface area contributed by atoms with Gasteiger partial charge in [0.05, 0.1) is 25.8 Å². The minimum atomic E-state index is -0.360. The fourth-order valence-corrected chi connectivity index (χ4v) is 4.11. The van der Waals surface area contributed by atoms with Gasteiger partial charge >= 0.3 is 5.97 Å². The Labute approximate surface area is 183 Å². The molecule has 6 nitrogen and oxygen atoms in total. The summed E-state index contributed by atoms with van der Waals surface area (Å²) in [5, 5.41) is 6.13. The highest BCUT2D eigenvalue weighted by atomic mass is 32.1. The van der Waals surface area contributed by atoms with E-state index in [0.717, 1.165) is 47.3 Å². The molecule has 3 rings (SSSR count). The van der Waals surface area contributed by atoms with E-state index in [1.165, 1.54) is 7.11 Å². The topological polar surface area (TPSA) is 54.0 Å². The summed E-state index contributed by atoms with van der Waals surface area (Å²) >= 11 is 5.66. The molecule has 0 unspecified atom stereocenters. The third kappa shape index (κ3) is 4.57. The van der Waals surface area contributed by atoms with Gasteiger partial charge in [-0.1, -0.05) is 18.2 Å². The number of nitrogens with zero attached hydrogens (tertiary/aromatic N) is 2. The number of fused-ring (bicyclic) bond motifs is 1. The number of rotatable bonds is 7. The normalized spacial score (nSPS) is 16.8. The predicted octanol–water partition coefficient (Wildman–Crippen LogP) is 3.48. The van der Waals surface area contributed by atoms with Gasteiger partial charge in [-0.15, -0.1) is 0 Å². The highest BCUT2D eigenvalue weighted by Gasteiger charge is 2.34. The van der Waals surface area contributed by atoms with Gasteiger partial charge in [0.15, 0.2) is 5.11 Å². The number of carbonyl (C=O) groups is 1. The number of allylic oxidation sites excluding steroid dienone is 1. The van der Waals surface area contributed by atoms with E-state index in [-0.39, 0.29) is 12.0 Å². The Morgan fingerprint density at radius 3 is 2.53 bits per heavy atom. The molecule has 2 aromatic carbocycles. The Kier molecular flexibility index (Phi) is 6.95. The van der Waals surface area contributed by atoms with Crippen LogP contribution < -0.4 is 10.1 Å². The summed E-state index contributed by atoms with van der Waals surface area (Å²) in [6.07, 6.45) is 0.934. The maximum atomic E-state index is 12.7. The first-order valence-corrected chi connectivity index (χ1v) is 10.4. The lowest BCUT2D eigenvalue weighted by Crippen LogP contribution is -2.48. The summed E-state index contributed by atoms with van der Waals surface area (Å²) in [4.78, 5) is 16.9. The van der Waals surface area contributed by atoms with Crippen molar-refractivity contribution in [2.24, 2.45) is 0 Å². The number of carbonyl (C=O) groups excluding carboxylic acids is 1. The monoisotopic (exact) mass is 427 g/mol. The van der Waals surface area contributed by atoms with E-state index in [1.807, 2.05) is 56.3 Å². The summed E-state index contributed by atoms with van der Waals surface area (Å²) in [6.45, 7) is 3.62. The number of methoxy groups -OCH3 is 2. The summed E-state index contributed by atoms with van der Waals surface area (Å²) in [5.41, 5.74) is 2.38. The Balaban J connectivity index is 1.98. The van der Waals surface area contributed by atoms with Crippen molar-refractivity contribution in [1.82, 2.24) is 15.1 Å². The van der Waals surface area contributed by atoms with Crippen LogP contribution in [-0.2, 0) is 9.53 Å². The van der Waals surface area contributed by atoms with Gasteiger partial charge in [-0.2, -0.15) is 0 Å². The fraction of sp³-hybridized carbons (Fsp3) is 0.391. The van der Waals surface area contributed by atoms with Crippen molar-refractivity contribution in [3.8, 4) is 5.75 Å². The lowest BCUT2D eigenvalue weighted by Gasteiger charge is -2.37. The minimum absolute atomic E-state index is 0.347. The van der Waals surface area contributed by atoms with Crippen LogP contribution in [0.5, 0.6) is 5.75 Å². The molecule has 160 valence electrons. The second-order valence-electron chi connectivity index (χ2n) is 7.65. The molecular weight excluding hydrogens is 398 g/mol. The molecule has 0 saturated carbocycles. The molecule has 7 heteroatoms. The maximum absolute atomic E-state index is 12.7. The zero-order chi connectivity index (χ0) is 21.8. The van der Waals surface area contributed by atoms with Crippen molar-refractivity contribution in [1.29, 1.82) is 0 Å². The van der Waals surface area contributed by atoms with E-state index >= 15 is 0 Å². The molecule has 1 aliphatic heterocycles. The van der Waals surface area contributed by atoms with E-state index in [2.05, 4.69) is 16.3 Å². The number of nitrogens with one attached hydrogen (secondary N) is 1. The zero-order valence-electron chi connectivity index (χ0n) is 18.2. The van der Waals surface area contributed by atoms with Gasteiger partial charge in [0.1, 0.15) is 5.75 Å². The van der Waals surface area contributed by atoms with Gasteiger partial charge in [0, 0.05) is 12.2 Å². The largest absolute Gasteiger partial charge is 0.497 e. The Hall–Kier alpha value is -2.64. The quantitative estimate of drug-likeness (QED) is 0.536. The standard InChI is InChI=1S/C23H29N3O3S/c1-15-20(22(27)29-5)21(24-23(30)26(15)12-6-11-25(2)3)18-8-7-17-14-19(28-4)10-9-16(17)13-18/h7-10,13-14,21H,6,11-12H2,1-5H3,(H,24,30)/t21-/m1/s1. The Morgan fingerprint density at radius 2 is 1.87 bits per heavy atom. The summed E-state index contributed by atoms with van der Waals surface area (Å²) in [6, 6.07) is 11.7. The molecule has 2 aromatic rings. The fourth-order valence-electron chi connectivity index (χ4n) is 3.77. The van der Waals surface area contributed by atoms with E-state index in [4.69, 9.17) is 21.7 Å². The van der Waals surface area contributed by atoms with Gasteiger partial charge in [0.2, 0.25) is 0 Å². The van der Waals surface area contributed by atoms with Crippen LogP contribution in [0, 0.1) is 0 Å². The lowest BCUT2D eigenvalue weighted by molar-refractivity contribution is -0.136. The van der Waals surface area contributed by atoms with E-state index < -0.39 is 0 Å². The molecule has 0 fully saturated rings. The van der Waals surface area contributed by atoms with Crippen LogP contribution in [-0.4, -0.2) is 62.3 Å². The van der Waals surface area contributed by atoms with Crippen molar-refractivity contribution in [3.63, 3.8) is 0 Å². The highest BCUT2D eigenvalue weighted by molar-refractivity contribution is 7.80. The van der Waals surface area contributed by atoms with Crippen molar-refractivity contribution in [3.05, 3.63) is 53.2 Å². The van der Waals surface area contributed by atoms with Crippen LogP contribution >= 0.6 is 12.2 Å². The number of esters is 1. The smallest absolute Gasteiger partial charge is 0.337 e. The van der Waals surface area contributed by atoms with Gasteiger partial charge in [-0.25, -0.2) is 4.79 Å². The molecule has 0 aliphatic carbocycles. The van der Waals surface area contributed by atoms with Gasteiger partial charge in [0.25, 0.3) is 0 Å². The van der Waals surface area contributed by atoms with Crippen molar-refractivity contribution < 1.29 is 14.3 Å². The molecule has 0 amide bonds. The van der Waals surface area contributed by atoms with Gasteiger partial charge in [-0.3, -0.25) is 0 Å². The van der Waals surface area contributed by atoms with Crippen LogP contribution in [0.1, 0.15) is 24.9 Å². The molecule has 30 heavy (non-hydrogen) atoms. The second-order valence-corrected chi connectivity index (χ2v) is 8.04. The van der Waals surface area contributed by atoms with E-state index in [1.54, 1.807) is 7.11 Å². The molecule has 0 saturated heterocycles. The molecule has 0 radical (unpaired) electrons. The molecule has 0 bridgehead atoms. The summed E-state index contributed by atoms with van der Waals surface area (Å²) in [7, 11) is 7.15. The van der Waals surface area contributed by atoms with Gasteiger partial charge < -0.3 is 24.6 Å². The molecule has 1 atom stereocenters. The van der Waals surface area contributed by atoms with Crippen LogP contribution in [0.25, 0.3) is 10.8 Å². The number of hydrogen-bond donors (Lipinski definition) is 1. The van der Waals surface area contributed by atoms with Crippen molar-refractivity contribution >= 4 is 34.1 Å².